The van der Waals surface area contributed by atoms with Gasteiger partial charge in [-0.2, -0.15) is 46.9 Å². The van der Waals surface area contributed by atoms with Gasteiger partial charge in [0.25, 0.3) is 46.0 Å². The van der Waals surface area contributed by atoms with Crippen LogP contribution >= 0.6 is 23.5 Å². The molecule has 0 aliphatic carbocycles. The van der Waals surface area contributed by atoms with Crippen molar-refractivity contribution in [3.05, 3.63) is 122 Å². The largest absolute Gasteiger partial charge is 0.490 e. The Morgan fingerprint density at radius 2 is 1.23 bits per heavy atom. The van der Waals surface area contributed by atoms with Gasteiger partial charge >= 0.3 is 29.2 Å². The summed E-state index contributed by atoms with van der Waals surface area (Å²) >= 11 is 0. The number of aliphatic hydroxyl groups is 2. The minimum atomic E-state index is -5.87. The zero-order valence-corrected chi connectivity index (χ0v) is 65.3. The predicted octanol–water partition coefficient (Wildman–Crippen LogP) is 2.46. The number of benzene rings is 2. The molecule has 1 aromatic heterocycles. The molecule has 40 nitrogen and oxygen atoms in total. The van der Waals surface area contributed by atoms with Gasteiger partial charge in [0.15, 0.2) is 11.9 Å². The molecule has 2 amide bonds. The zero-order chi connectivity index (χ0) is 80.8. The maximum Gasteiger partial charge on any atom is 0.490 e. The number of nitrogens with zero attached hydrogens (tertiary/aromatic N) is 3. The average Bonchev–Trinajstić information content (AvgIpc) is 1.59. The Hall–Kier alpha value is -5.78. The molecule has 3 aromatic rings. The van der Waals surface area contributed by atoms with Crippen LogP contribution in [0, 0.1) is 0 Å². The second-order valence-electron chi connectivity index (χ2n) is 25.5. The van der Waals surface area contributed by atoms with Gasteiger partial charge in [0, 0.05) is 79.6 Å². The minimum Gasteiger partial charge on any atom is -0.387 e. The number of fused-ring (bicyclic) bond motifs is 2. The van der Waals surface area contributed by atoms with E-state index in [1.807, 2.05) is 36.7 Å². The maximum atomic E-state index is 12.8. The number of phosphoric acid groups is 3. The van der Waals surface area contributed by atoms with Gasteiger partial charge in [0.05, 0.1) is 105 Å². The van der Waals surface area contributed by atoms with Crippen LogP contribution in [0.1, 0.15) is 101 Å². The van der Waals surface area contributed by atoms with E-state index in [-0.39, 0.29) is 145 Å². The number of carbonyl (C=O) groups is 2. The molecule has 3 unspecified atom stereocenters. The van der Waals surface area contributed by atoms with Crippen LogP contribution in [0.3, 0.4) is 0 Å². The lowest BCUT2D eigenvalue weighted by molar-refractivity contribution is -0.437. The van der Waals surface area contributed by atoms with E-state index in [2.05, 4.69) is 23.8 Å². The highest BCUT2D eigenvalue weighted by atomic mass is 32.2. The molecular weight excluding hydrogens is 1590 g/mol. The molecule has 0 bridgehead atoms. The number of aromatic amines is 1. The van der Waals surface area contributed by atoms with Crippen LogP contribution in [-0.4, -0.2) is 242 Å². The number of nitrogens with one attached hydrogen (secondary N) is 3. The van der Waals surface area contributed by atoms with E-state index in [1.54, 1.807) is 34.9 Å². The molecule has 47 heteroatoms. The van der Waals surface area contributed by atoms with Crippen LogP contribution < -0.4 is 26.8 Å². The summed E-state index contributed by atoms with van der Waals surface area (Å²) < 4.78 is 217. The van der Waals surface area contributed by atoms with Gasteiger partial charge < -0.3 is 73.7 Å². The number of H-pyrrole nitrogens is 1. The lowest BCUT2D eigenvalue weighted by Crippen LogP contribution is -2.38. The fraction of sp³-hybridized carbons (Fsp3) is 0.565. The predicted molar refractivity (Wildman–Crippen MR) is 387 cm³/mol. The number of anilines is 1. The van der Waals surface area contributed by atoms with Gasteiger partial charge in [0.2, 0.25) is 17.5 Å². The summed E-state index contributed by atoms with van der Waals surface area (Å²) in [5.41, 5.74) is -0.499. The third-order valence-electron chi connectivity index (χ3n) is 17.0. The quantitative estimate of drug-likeness (QED) is 0.0127. The van der Waals surface area contributed by atoms with Gasteiger partial charge in [-0.3, -0.25) is 46.7 Å². The van der Waals surface area contributed by atoms with Crippen LogP contribution in [-0.2, 0) is 116 Å². The van der Waals surface area contributed by atoms with Crippen molar-refractivity contribution in [1.29, 1.82) is 0 Å². The van der Waals surface area contributed by atoms with E-state index in [1.165, 1.54) is 42.5 Å². The Morgan fingerprint density at radius 3 is 1.83 bits per heavy atom. The minimum absolute atomic E-state index is 0.00845. The molecule has 13 N–H and O–H groups in total. The number of phosphoric ester groups is 1. The highest BCUT2D eigenvalue weighted by Crippen LogP contribution is 2.66. The number of unbranched alkanes of at least 4 members (excludes halogenated alkanes) is 3. The summed E-state index contributed by atoms with van der Waals surface area (Å²) in [6.45, 7) is 7.21. The average molecular weight is 1690 g/mol. The third-order valence-corrected chi connectivity index (χ3v) is 24.1. The molecule has 1 fully saturated rings. The lowest BCUT2D eigenvalue weighted by atomic mass is 9.77. The van der Waals surface area contributed by atoms with E-state index < -0.39 is 135 Å². The summed E-state index contributed by atoms with van der Waals surface area (Å²) in [4.78, 5) is 90.0. The smallest absolute Gasteiger partial charge is 0.387 e. The first kappa shape index (κ1) is 92.1. The van der Waals surface area contributed by atoms with Crippen LogP contribution in [0.2, 0.25) is 0 Å². The van der Waals surface area contributed by atoms with E-state index in [0.29, 0.717) is 64.3 Å². The Balaban J connectivity index is 0.849. The van der Waals surface area contributed by atoms with Gasteiger partial charge in [-0.25, -0.2) is 18.5 Å². The topological polar surface area (TPSA) is 592 Å². The number of amides is 2. The number of ether oxygens (including phenoxy) is 6. The molecule has 0 radical (unpaired) electrons. The molecule has 0 saturated carbocycles. The Morgan fingerprint density at radius 1 is 0.651 bits per heavy atom. The monoisotopic (exact) mass is 1690 g/mol. The van der Waals surface area contributed by atoms with E-state index in [4.69, 9.17) is 38.2 Å². The number of allylic oxidation sites excluding steroid dienone is 6. The normalized spacial score (nSPS) is 20.6. The third kappa shape index (κ3) is 29.6. The first-order chi connectivity index (χ1) is 50.8. The van der Waals surface area contributed by atoms with Gasteiger partial charge in [-0.05, 0) is 88.4 Å². The van der Waals surface area contributed by atoms with Crippen molar-refractivity contribution >= 4 is 98.9 Å². The molecule has 1 saturated heterocycles. The highest BCUT2D eigenvalue weighted by molar-refractivity contribution is 7.86. The van der Waals surface area contributed by atoms with E-state index in [9.17, 15) is 105 Å². The van der Waals surface area contributed by atoms with Crippen LogP contribution in [0.4, 0.5) is 11.4 Å². The fourth-order valence-electron chi connectivity index (χ4n) is 11.8. The first-order valence-corrected chi connectivity index (χ1v) is 44.3. The summed E-state index contributed by atoms with van der Waals surface area (Å²) in [6.07, 6.45) is 7.35. The van der Waals surface area contributed by atoms with Crippen LogP contribution in [0.15, 0.2) is 104 Å². The molecule has 7 atom stereocenters. The molecule has 6 rings (SSSR count). The van der Waals surface area contributed by atoms with Crippen molar-refractivity contribution in [2.24, 2.45) is 0 Å². The maximum absolute atomic E-state index is 12.8. The molecule has 612 valence electrons. The summed E-state index contributed by atoms with van der Waals surface area (Å²) in [5.74, 6) is -1.67. The zero-order valence-electron chi connectivity index (χ0n) is 59.4. The van der Waals surface area contributed by atoms with Crippen molar-refractivity contribution in [2.45, 2.75) is 124 Å². The van der Waals surface area contributed by atoms with Crippen molar-refractivity contribution in [3.8, 4) is 0 Å². The van der Waals surface area contributed by atoms with Gasteiger partial charge in [-0.15, -0.1) is 0 Å². The summed E-state index contributed by atoms with van der Waals surface area (Å²) in [6, 6.07) is 8.32. The summed E-state index contributed by atoms with van der Waals surface area (Å²) in [5, 5.41) is 26.4. The molecule has 3 aliphatic rings. The molecule has 0 spiro atoms. The highest BCUT2D eigenvalue weighted by Gasteiger charge is 2.49. The number of hydrogen-bond acceptors (Lipinski definition) is 27. The molecule has 109 heavy (non-hydrogen) atoms. The standard InChI is InChI=1S/C62H91N6O34P3S4/c1-61(2)47-40-45(108(88,89)90)18-20-49(47)66(27-13-39-107(85,86)87)52(61)15-6-4-7-16-53-62(3,23-9-11-38-106(82,83)84)48-41-46(109(91,92)93)19-21-50(48)67(53)26-10-5-8-17-54(69)64-25-29-95-31-33-97-35-37-98-36-34-96-32-30-94-28-22-55(70)63-24-12-14-44-42-68(60(74)65-58(44)73)59-57(72)56(71)51(100-59)43-99-104(78,79)102-105(80,81)101-103(75,76)77/h4,6-7,12,14-16,18-21,40-42,51,56-57,59,71-72H,5,8-11,13,17,22-39,43H2,1-3H3,(H10-,63,64,65,69,70,73,74,75,76,77,78,79,80,81,82,83,84,85,86,87,88,89,90,91,92,93)/p+1/b14-12+/t51-,56-,57-,59-,62?/m1/s1. The van der Waals surface area contributed by atoms with Crippen LogP contribution in [0.25, 0.3) is 6.08 Å². The molecule has 3 aliphatic heterocycles. The Bertz CT molecular complexity index is 4580. The number of aromatic nitrogens is 2. The first-order valence-electron chi connectivity index (χ1n) is 33.7. The summed E-state index contributed by atoms with van der Waals surface area (Å²) in [7, 11) is -35.1. The Labute approximate surface area is 628 Å². The van der Waals surface area contributed by atoms with E-state index >= 15 is 0 Å². The van der Waals surface area contributed by atoms with Crippen molar-refractivity contribution in [3.63, 3.8) is 0 Å². The van der Waals surface area contributed by atoms with Crippen molar-refractivity contribution in [2.75, 3.05) is 115 Å². The number of carbonyl (C=O) groups excluding carboxylic acids is 2. The number of hydrogen-bond donors (Lipinski definition) is 13. The van der Waals surface area contributed by atoms with Gasteiger partial charge in [-0.1, -0.05) is 43.2 Å². The van der Waals surface area contributed by atoms with Crippen molar-refractivity contribution in [1.82, 2.24) is 20.2 Å². The molecule has 2 aromatic carbocycles. The second kappa shape index (κ2) is 40.8. The Kier molecular flexibility index (Phi) is 34.5. The molecular formula is C62H92N6O34P3S4+. The lowest BCUT2D eigenvalue weighted by Gasteiger charge is -2.30. The number of rotatable bonds is 49. The number of aliphatic hydroxyl groups excluding tert-OH is 2. The second-order valence-corrected chi connectivity index (χ2v) is 35.9. The molecule has 4 heterocycles. The van der Waals surface area contributed by atoms with Gasteiger partial charge in [0.1, 0.15) is 24.9 Å². The van der Waals surface area contributed by atoms with Crippen LogP contribution in [0.5, 0.6) is 0 Å². The van der Waals surface area contributed by atoms with Crippen molar-refractivity contribution < 1.29 is 151 Å². The SMILES string of the molecule is CC1(C)C(C=CC=CC=C2N(CCCCCC(=O)NCCOCCOCCOCCOCCOCCC(=O)NC/C=C/c3cn([C@@H]4O[C@H](COP(=O)(O)OP(=O)(O)OP(=O)(O)O)[C@@H](O)[C@H]4O)c(=O)[nH]c3=O)c3ccc(S(=O)(=O)O)cc3C2(C)CCCCS(=O)(=O)O)=[N+](CCCS(=O)(=O)O)c2ccc(S(=O)(=O)O)cc21. The fourth-order valence-corrected chi connectivity index (χ4v) is 16.9. The van der Waals surface area contributed by atoms with E-state index in [0.717, 1.165) is 6.20 Å².